The van der Waals surface area contributed by atoms with Crippen molar-refractivity contribution >= 4 is 45.3 Å². The zero-order chi connectivity index (χ0) is 22.9. The molecule has 4 aromatic carbocycles. The summed E-state index contributed by atoms with van der Waals surface area (Å²) in [6.45, 7) is 4.42. The number of fused-ring (bicyclic) bond motifs is 2. The highest BCUT2D eigenvalue weighted by Crippen LogP contribution is 2.28. The van der Waals surface area contributed by atoms with Crippen LogP contribution >= 0.6 is 0 Å². The van der Waals surface area contributed by atoms with Gasteiger partial charge in [-0.2, -0.15) is 5.10 Å². The molecule has 0 unspecified atom stereocenters. The zero-order valence-corrected chi connectivity index (χ0v) is 18.7. The molecule has 1 heterocycles. The highest BCUT2D eigenvalue weighted by Gasteiger charge is 2.35. The van der Waals surface area contributed by atoms with Crippen molar-refractivity contribution in [3.63, 3.8) is 0 Å². The monoisotopic (exact) mass is 435 g/mol. The lowest BCUT2D eigenvalue weighted by Gasteiger charge is -2.17. The fraction of sp³-hybridized carbons (Fsp3) is 0.179. The Labute approximate surface area is 192 Å². The molecule has 5 heteroatoms. The van der Waals surface area contributed by atoms with Crippen LogP contribution < -0.4 is 10.3 Å². The van der Waals surface area contributed by atoms with Crippen LogP contribution in [0.2, 0.25) is 0 Å². The first-order chi connectivity index (χ1) is 16.0. The van der Waals surface area contributed by atoms with E-state index in [-0.39, 0.29) is 18.2 Å². The fourth-order valence-electron chi connectivity index (χ4n) is 4.47. The van der Waals surface area contributed by atoms with Gasteiger partial charge >= 0.3 is 0 Å². The summed E-state index contributed by atoms with van der Waals surface area (Å²) in [5, 5.41) is 8.67. The number of hydrazone groups is 1. The molecule has 5 rings (SSSR count). The van der Waals surface area contributed by atoms with Crippen molar-refractivity contribution < 1.29 is 9.59 Å². The lowest BCUT2D eigenvalue weighted by molar-refractivity contribution is -0.126. The molecule has 5 nitrogen and oxygen atoms in total. The third kappa shape index (κ3) is 3.98. The minimum absolute atomic E-state index is 0.0394. The predicted molar refractivity (Wildman–Crippen MR) is 134 cm³/mol. The molecule has 0 aromatic heterocycles. The fourth-order valence-corrected chi connectivity index (χ4v) is 4.47. The van der Waals surface area contributed by atoms with Gasteiger partial charge in [0.25, 0.3) is 0 Å². The number of nitrogens with one attached hydrogen (secondary N) is 1. The molecule has 1 N–H and O–H groups in total. The number of anilines is 1. The van der Waals surface area contributed by atoms with Gasteiger partial charge in [-0.3, -0.25) is 9.59 Å². The zero-order valence-electron chi connectivity index (χ0n) is 18.7. The Morgan fingerprint density at radius 3 is 2.27 bits per heavy atom. The summed E-state index contributed by atoms with van der Waals surface area (Å²) in [5.74, 6) is -0.710. The number of amides is 2. The SMILES string of the molecule is Cc1ccc(N2C[C@@H](C(=O)N/N=C\c3c4ccccc4cc4ccccc34)CC2=O)cc1C. The van der Waals surface area contributed by atoms with Crippen LogP contribution in [-0.4, -0.2) is 24.6 Å². The van der Waals surface area contributed by atoms with Crippen LogP contribution in [0.5, 0.6) is 0 Å². The molecule has 2 amide bonds. The lowest BCUT2D eigenvalue weighted by atomic mass is 9.97. The van der Waals surface area contributed by atoms with Crippen molar-refractivity contribution in [2.45, 2.75) is 20.3 Å². The minimum atomic E-state index is -0.430. The first-order valence-electron chi connectivity index (χ1n) is 11.1. The van der Waals surface area contributed by atoms with Crippen molar-refractivity contribution in [3.8, 4) is 0 Å². The molecular formula is C28H25N3O2. The number of rotatable bonds is 4. The van der Waals surface area contributed by atoms with Crippen LogP contribution in [-0.2, 0) is 9.59 Å². The smallest absolute Gasteiger partial charge is 0.245 e. The van der Waals surface area contributed by atoms with E-state index >= 15 is 0 Å². The number of hydrogen-bond acceptors (Lipinski definition) is 3. The minimum Gasteiger partial charge on any atom is -0.312 e. The lowest BCUT2D eigenvalue weighted by Crippen LogP contribution is -2.30. The third-order valence-corrected chi connectivity index (χ3v) is 6.48. The van der Waals surface area contributed by atoms with Crippen molar-refractivity contribution in [2.75, 3.05) is 11.4 Å². The van der Waals surface area contributed by atoms with Gasteiger partial charge in [0.15, 0.2) is 0 Å². The number of benzene rings is 4. The maximum atomic E-state index is 12.8. The Bertz CT molecular complexity index is 1370. The summed E-state index contributed by atoms with van der Waals surface area (Å²) >= 11 is 0. The van der Waals surface area contributed by atoms with Gasteiger partial charge in [0, 0.05) is 24.2 Å². The van der Waals surface area contributed by atoms with E-state index in [0.717, 1.165) is 38.4 Å². The quantitative estimate of drug-likeness (QED) is 0.275. The van der Waals surface area contributed by atoms with Gasteiger partial charge in [-0.05, 0) is 64.7 Å². The number of carbonyl (C=O) groups is 2. The molecule has 1 fully saturated rings. The van der Waals surface area contributed by atoms with E-state index in [1.165, 1.54) is 5.56 Å². The second-order valence-electron chi connectivity index (χ2n) is 8.64. The van der Waals surface area contributed by atoms with Gasteiger partial charge in [0.1, 0.15) is 0 Å². The summed E-state index contributed by atoms with van der Waals surface area (Å²) in [6.07, 6.45) is 1.89. The number of nitrogens with zero attached hydrogens (tertiary/aromatic N) is 2. The van der Waals surface area contributed by atoms with Crippen LogP contribution in [0.3, 0.4) is 0 Å². The van der Waals surface area contributed by atoms with E-state index < -0.39 is 5.92 Å². The summed E-state index contributed by atoms with van der Waals surface area (Å²) in [6, 6.07) is 24.4. The Hall–Kier alpha value is -3.99. The highest BCUT2D eigenvalue weighted by molar-refractivity contribution is 6.13. The van der Waals surface area contributed by atoms with Gasteiger partial charge in [-0.25, -0.2) is 5.43 Å². The average molecular weight is 436 g/mol. The Morgan fingerprint density at radius 1 is 0.939 bits per heavy atom. The molecule has 0 radical (unpaired) electrons. The molecule has 4 aromatic rings. The average Bonchev–Trinajstić information content (AvgIpc) is 3.22. The van der Waals surface area contributed by atoms with Crippen LogP contribution in [0.1, 0.15) is 23.1 Å². The van der Waals surface area contributed by atoms with E-state index in [4.69, 9.17) is 0 Å². The molecule has 0 saturated carbocycles. The Balaban J connectivity index is 1.35. The molecule has 1 saturated heterocycles. The maximum absolute atomic E-state index is 12.8. The van der Waals surface area contributed by atoms with Crippen LogP contribution in [0, 0.1) is 19.8 Å². The molecule has 0 bridgehead atoms. The molecule has 33 heavy (non-hydrogen) atoms. The molecule has 0 spiro atoms. The van der Waals surface area contributed by atoms with Crippen LogP contribution in [0.15, 0.2) is 77.9 Å². The van der Waals surface area contributed by atoms with E-state index in [9.17, 15) is 9.59 Å². The number of aryl methyl sites for hydroxylation is 2. The molecule has 1 aliphatic heterocycles. The van der Waals surface area contributed by atoms with Crippen molar-refractivity contribution in [2.24, 2.45) is 11.0 Å². The van der Waals surface area contributed by atoms with Gasteiger partial charge in [0.05, 0.1) is 12.1 Å². The standard InChI is InChI=1S/C28H25N3O2/c1-18-11-12-23(13-19(18)2)31-17-22(15-27(31)32)28(33)30-29-16-26-24-9-5-3-7-20(24)14-21-8-4-6-10-25(21)26/h3-14,16,22H,15,17H2,1-2H3,(H,30,33)/b29-16-/t22-/m0/s1. The Kier molecular flexibility index (Phi) is 5.38. The molecule has 0 aliphatic carbocycles. The summed E-state index contributed by atoms with van der Waals surface area (Å²) in [5.41, 5.74) is 6.77. The maximum Gasteiger partial charge on any atom is 0.245 e. The van der Waals surface area contributed by atoms with Gasteiger partial charge < -0.3 is 4.90 Å². The van der Waals surface area contributed by atoms with E-state index in [1.807, 2.05) is 56.3 Å². The second kappa shape index (κ2) is 8.51. The summed E-state index contributed by atoms with van der Waals surface area (Å²) < 4.78 is 0. The molecule has 164 valence electrons. The number of hydrogen-bond donors (Lipinski definition) is 1. The van der Waals surface area contributed by atoms with E-state index in [0.29, 0.717) is 6.54 Å². The van der Waals surface area contributed by atoms with Crippen molar-refractivity contribution in [3.05, 3.63) is 89.5 Å². The second-order valence-corrected chi connectivity index (χ2v) is 8.64. The van der Waals surface area contributed by atoms with Crippen molar-refractivity contribution in [1.82, 2.24) is 5.43 Å². The summed E-state index contributed by atoms with van der Waals surface area (Å²) in [7, 11) is 0. The van der Waals surface area contributed by atoms with E-state index in [2.05, 4.69) is 40.9 Å². The third-order valence-electron chi connectivity index (χ3n) is 6.48. The predicted octanol–water partition coefficient (Wildman–Crippen LogP) is 5.11. The van der Waals surface area contributed by atoms with Crippen LogP contribution in [0.25, 0.3) is 21.5 Å². The normalized spacial score (nSPS) is 16.2. The highest BCUT2D eigenvalue weighted by atomic mass is 16.2. The van der Waals surface area contributed by atoms with Gasteiger partial charge in [0.2, 0.25) is 11.8 Å². The Morgan fingerprint density at radius 2 is 1.61 bits per heavy atom. The van der Waals surface area contributed by atoms with E-state index in [1.54, 1.807) is 11.1 Å². The van der Waals surface area contributed by atoms with Crippen molar-refractivity contribution in [1.29, 1.82) is 0 Å². The molecular weight excluding hydrogens is 410 g/mol. The molecule has 1 aliphatic rings. The molecule has 1 atom stereocenters. The topological polar surface area (TPSA) is 61.8 Å². The van der Waals surface area contributed by atoms with Crippen LogP contribution in [0.4, 0.5) is 5.69 Å². The number of carbonyl (C=O) groups excluding carboxylic acids is 2. The van der Waals surface area contributed by atoms with Gasteiger partial charge in [-0.15, -0.1) is 0 Å². The largest absolute Gasteiger partial charge is 0.312 e. The first-order valence-corrected chi connectivity index (χ1v) is 11.1. The van der Waals surface area contributed by atoms with Gasteiger partial charge in [-0.1, -0.05) is 54.6 Å². The summed E-state index contributed by atoms with van der Waals surface area (Å²) in [4.78, 5) is 27.1. The first kappa shape index (κ1) is 20.9.